The summed E-state index contributed by atoms with van der Waals surface area (Å²) in [4.78, 5) is 21.7. The van der Waals surface area contributed by atoms with Gasteiger partial charge in [-0.25, -0.2) is 14.2 Å². The first-order chi connectivity index (χ1) is 16.9. The number of anilines is 1. The van der Waals surface area contributed by atoms with Crippen LogP contribution in [-0.2, 0) is 11.3 Å². The van der Waals surface area contributed by atoms with Gasteiger partial charge in [-0.3, -0.25) is 4.90 Å². The van der Waals surface area contributed by atoms with Gasteiger partial charge in [-0.05, 0) is 69.3 Å². The number of aromatic nitrogens is 1. The third kappa shape index (κ3) is 6.17. The Morgan fingerprint density at radius 1 is 1.14 bits per heavy atom. The molecule has 1 atom stereocenters. The average molecular weight is 478 g/mol. The first-order valence-electron chi connectivity index (χ1n) is 12.1. The van der Waals surface area contributed by atoms with Gasteiger partial charge in [0.15, 0.2) is 0 Å². The van der Waals surface area contributed by atoms with E-state index in [9.17, 15) is 9.18 Å². The molecule has 1 aliphatic rings. The highest BCUT2D eigenvalue weighted by Gasteiger charge is 2.30. The van der Waals surface area contributed by atoms with Gasteiger partial charge in [-0.15, -0.1) is 0 Å². The molecule has 4 rings (SSSR count). The van der Waals surface area contributed by atoms with Crippen LogP contribution >= 0.6 is 0 Å². The van der Waals surface area contributed by atoms with E-state index in [0.29, 0.717) is 23.2 Å². The highest BCUT2D eigenvalue weighted by atomic mass is 19.1. The normalized spacial score (nSPS) is 15.6. The molecule has 35 heavy (non-hydrogen) atoms. The molecule has 0 radical (unpaired) electrons. The van der Waals surface area contributed by atoms with E-state index in [2.05, 4.69) is 27.8 Å². The van der Waals surface area contributed by atoms with Crippen molar-refractivity contribution in [1.29, 1.82) is 0 Å². The molecule has 1 aliphatic heterocycles. The standard InChI is InChI=1S/C28H32FN3O3/c1-4-31(18-21-8-5-6-10-26(21)35-24-13-11-22(29)12-14-24)23-15-17-32(19-23)27-25(9-7-16-30-27)28(33)34-20(2)3/h5-14,16,20,23H,4,15,17-19H2,1-3H3. The zero-order chi connectivity index (χ0) is 24.8. The molecule has 0 spiro atoms. The van der Waals surface area contributed by atoms with Crippen molar-refractivity contribution < 1.29 is 18.7 Å². The zero-order valence-electron chi connectivity index (χ0n) is 20.5. The number of para-hydroxylation sites is 1. The number of rotatable bonds is 9. The molecule has 0 aliphatic carbocycles. The van der Waals surface area contributed by atoms with Crippen molar-refractivity contribution in [1.82, 2.24) is 9.88 Å². The van der Waals surface area contributed by atoms with E-state index in [1.165, 1.54) is 12.1 Å². The summed E-state index contributed by atoms with van der Waals surface area (Å²) in [6.07, 6.45) is 2.49. The minimum absolute atomic E-state index is 0.185. The fourth-order valence-electron chi connectivity index (χ4n) is 4.40. The number of carbonyl (C=O) groups is 1. The van der Waals surface area contributed by atoms with Gasteiger partial charge >= 0.3 is 5.97 Å². The van der Waals surface area contributed by atoms with E-state index < -0.39 is 0 Å². The van der Waals surface area contributed by atoms with Crippen LogP contribution in [0.2, 0.25) is 0 Å². The summed E-state index contributed by atoms with van der Waals surface area (Å²) in [5.41, 5.74) is 1.57. The molecule has 6 nitrogen and oxygen atoms in total. The lowest BCUT2D eigenvalue weighted by Gasteiger charge is -2.29. The summed E-state index contributed by atoms with van der Waals surface area (Å²) < 4.78 is 24.8. The van der Waals surface area contributed by atoms with Crippen molar-refractivity contribution in [3.05, 3.63) is 83.8 Å². The van der Waals surface area contributed by atoms with Crippen molar-refractivity contribution in [3.8, 4) is 11.5 Å². The third-order valence-electron chi connectivity index (χ3n) is 6.12. The van der Waals surface area contributed by atoms with E-state index >= 15 is 0 Å². The largest absolute Gasteiger partial charge is 0.459 e. The van der Waals surface area contributed by atoms with E-state index in [0.717, 1.165) is 43.9 Å². The number of likely N-dealkylation sites (N-methyl/N-ethyl adjacent to an activating group) is 1. The number of pyridine rings is 1. The lowest BCUT2D eigenvalue weighted by Crippen LogP contribution is -2.37. The van der Waals surface area contributed by atoms with Crippen LogP contribution in [-0.4, -0.2) is 47.6 Å². The van der Waals surface area contributed by atoms with Gasteiger partial charge in [0.2, 0.25) is 0 Å². The van der Waals surface area contributed by atoms with Crippen molar-refractivity contribution in [2.75, 3.05) is 24.5 Å². The molecule has 184 valence electrons. The maximum absolute atomic E-state index is 13.3. The van der Waals surface area contributed by atoms with Crippen LogP contribution in [0.25, 0.3) is 0 Å². The summed E-state index contributed by atoms with van der Waals surface area (Å²) in [6, 6.07) is 17.8. The quantitative estimate of drug-likeness (QED) is 0.370. The molecule has 0 amide bonds. The van der Waals surface area contributed by atoms with Crippen LogP contribution in [0.15, 0.2) is 66.9 Å². The fraction of sp³-hybridized carbons (Fsp3) is 0.357. The molecule has 7 heteroatoms. The second kappa shape index (κ2) is 11.3. The molecule has 0 saturated carbocycles. The SMILES string of the molecule is CCN(Cc1ccccc1Oc1ccc(F)cc1)C1CCN(c2ncccc2C(=O)OC(C)C)C1. The van der Waals surface area contributed by atoms with E-state index in [4.69, 9.17) is 9.47 Å². The first kappa shape index (κ1) is 24.7. The lowest BCUT2D eigenvalue weighted by molar-refractivity contribution is 0.0378. The van der Waals surface area contributed by atoms with Gasteiger partial charge in [-0.2, -0.15) is 0 Å². The molecule has 1 aromatic heterocycles. The predicted octanol–water partition coefficient (Wildman–Crippen LogP) is 5.68. The molecule has 0 bridgehead atoms. The number of esters is 1. The zero-order valence-corrected chi connectivity index (χ0v) is 20.5. The maximum atomic E-state index is 13.3. The van der Waals surface area contributed by atoms with Crippen LogP contribution in [0.4, 0.5) is 10.2 Å². The van der Waals surface area contributed by atoms with Gasteiger partial charge in [-0.1, -0.05) is 25.1 Å². The Labute approximate surface area is 206 Å². The summed E-state index contributed by atoms with van der Waals surface area (Å²) in [6.45, 7) is 9.01. The molecule has 1 unspecified atom stereocenters. The van der Waals surface area contributed by atoms with Crippen LogP contribution in [0.5, 0.6) is 11.5 Å². The first-order valence-corrected chi connectivity index (χ1v) is 12.1. The Hall–Kier alpha value is -3.45. The van der Waals surface area contributed by atoms with Gasteiger partial charge in [0.05, 0.1) is 6.10 Å². The number of benzene rings is 2. The van der Waals surface area contributed by atoms with E-state index in [1.807, 2.05) is 32.0 Å². The maximum Gasteiger partial charge on any atom is 0.342 e. The molecule has 0 N–H and O–H groups in total. The number of halogens is 1. The van der Waals surface area contributed by atoms with Crippen LogP contribution < -0.4 is 9.64 Å². The van der Waals surface area contributed by atoms with Gasteiger partial charge in [0.25, 0.3) is 0 Å². The monoisotopic (exact) mass is 477 g/mol. The molecule has 1 fully saturated rings. The molecule has 1 saturated heterocycles. The molecule has 3 aromatic rings. The minimum Gasteiger partial charge on any atom is -0.459 e. The van der Waals surface area contributed by atoms with E-state index in [1.54, 1.807) is 30.5 Å². The third-order valence-corrected chi connectivity index (χ3v) is 6.12. The number of hydrogen-bond donors (Lipinski definition) is 0. The number of hydrogen-bond acceptors (Lipinski definition) is 6. The second-order valence-corrected chi connectivity index (χ2v) is 8.94. The van der Waals surface area contributed by atoms with Crippen molar-refractivity contribution in [2.45, 2.75) is 45.9 Å². The highest BCUT2D eigenvalue weighted by molar-refractivity contribution is 5.95. The summed E-state index contributed by atoms with van der Waals surface area (Å²) in [5.74, 6) is 1.41. The van der Waals surface area contributed by atoms with Gasteiger partial charge in [0.1, 0.15) is 28.7 Å². The second-order valence-electron chi connectivity index (χ2n) is 8.94. The molecule has 2 heterocycles. The summed E-state index contributed by atoms with van der Waals surface area (Å²) in [5, 5.41) is 0. The van der Waals surface area contributed by atoms with Gasteiger partial charge < -0.3 is 14.4 Å². The highest BCUT2D eigenvalue weighted by Crippen LogP contribution is 2.30. The van der Waals surface area contributed by atoms with E-state index in [-0.39, 0.29) is 17.9 Å². The minimum atomic E-state index is -0.342. The predicted molar refractivity (Wildman–Crippen MR) is 134 cm³/mol. The Morgan fingerprint density at radius 3 is 2.66 bits per heavy atom. The summed E-state index contributed by atoms with van der Waals surface area (Å²) >= 11 is 0. The Bertz CT molecular complexity index is 1140. The Balaban J connectivity index is 1.47. The number of nitrogens with zero attached hydrogens (tertiary/aromatic N) is 3. The van der Waals surface area contributed by atoms with Gasteiger partial charge in [0, 0.05) is 37.4 Å². The van der Waals surface area contributed by atoms with Crippen molar-refractivity contribution >= 4 is 11.8 Å². The number of carbonyl (C=O) groups excluding carboxylic acids is 1. The number of ether oxygens (including phenoxy) is 2. The van der Waals surface area contributed by atoms with Crippen molar-refractivity contribution in [2.24, 2.45) is 0 Å². The van der Waals surface area contributed by atoms with Crippen LogP contribution in [0, 0.1) is 5.82 Å². The topological polar surface area (TPSA) is 54.9 Å². The average Bonchev–Trinajstić information content (AvgIpc) is 3.34. The smallest absolute Gasteiger partial charge is 0.342 e. The van der Waals surface area contributed by atoms with Crippen LogP contribution in [0.3, 0.4) is 0 Å². The van der Waals surface area contributed by atoms with Crippen molar-refractivity contribution in [3.63, 3.8) is 0 Å². The molecular formula is C28H32FN3O3. The fourth-order valence-corrected chi connectivity index (χ4v) is 4.40. The Kier molecular flexibility index (Phi) is 7.98. The summed E-state index contributed by atoms with van der Waals surface area (Å²) in [7, 11) is 0. The lowest BCUT2D eigenvalue weighted by atomic mass is 10.1. The molecular weight excluding hydrogens is 445 g/mol. The Morgan fingerprint density at radius 2 is 1.91 bits per heavy atom. The molecule has 2 aromatic carbocycles. The van der Waals surface area contributed by atoms with Crippen LogP contribution in [0.1, 0.15) is 43.1 Å².